The summed E-state index contributed by atoms with van der Waals surface area (Å²) in [7, 11) is 0. The quantitative estimate of drug-likeness (QED) is 0.445. The van der Waals surface area contributed by atoms with Crippen LogP contribution in [0.4, 0.5) is 0 Å². The van der Waals surface area contributed by atoms with Gasteiger partial charge in [-0.25, -0.2) is 0 Å². The minimum atomic E-state index is -1.29. The molecule has 0 aliphatic heterocycles. The summed E-state index contributed by atoms with van der Waals surface area (Å²) in [5, 5.41) is 2.78. The molecule has 5 heteroatoms. The summed E-state index contributed by atoms with van der Waals surface area (Å²) in [4.78, 5) is 0. The molecule has 0 amide bonds. The van der Waals surface area contributed by atoms with Crippen molar-refractivity contribution in [1.29, 1.82) is 0 Å². The van der Waals surface area contributed by atoms with Crippen molar-refractivity contribution in [2.24, 2.45) is 0 Å². The van der Waals surface area contributed by atoms with Crippen LogP contribution in [0.25, 0.3) is 0 Å². The number of unbranched alkanes of at least 4 members (excludes halogenated alkanes) is 3. The standard InChI is InChI=1S/C7H14Cl3N.H2O/c1-2-3-4-5-6-11-7(8,9)10;/h11H,2-6H2,1H3;1H2. The van der Waals surface area contributed by atoms with Gasteiger partial charge in [-0.05, 0) is 13.0 Å². The van der Waals surface area contributed by atoms with Gasteiger partial charge in [0.2, 0.25) is 3.92 Å². The van der Waals surface area contributed by atoms with Crippen LogP contribution < -0.4 is 5.32 Å². The fraction of sp³-hybridized carbons (Fsp3) is 1.00. The van der Waals surface area contributed by atoms with Crippen LogP contribution >= 0.6 is 34.8 Å². The highest BCUT2D eigenvalue weighted by Gasteiger charge is 2.16. The average molecular weight is 237 g/mol. The number of hydrogen-bond acceptors (Lipinski definition) is 1. The van der Waals surface area contributed by atoms with Crippen LogP contribution in [0.2, 0.25) is 0 Å². The van der Waals surface area contributed by atoms with Crippen LogP contribution in [0.5, 0.6) is 0 Å². The van der Waals surface area contributed by atoms with Crippen molar-refractivity contribution in [3.63, 3.8) is 0 Å². The molecule has 0 aliphatic rings. The molecule has 0 aromatic heterocycles. The predicted octanol–water partition coefficient (Wildman–Crippen LogP) is 2.66. The highest BCUT2D eigenvalue weighted by molar-refractivity contribution is 6.67. The summed E-state index contributed by atoms with van der Waals surface area (Å²) in [5.41, 5.74) is 0. The van der Waals surface area contributed by atoms with Crippen LogP contribution in [0, 0.1) is 0 Å². The lowest BCUT2D eigenvalue weighted by atomic mass is 10.2. The lowest BCUT2D eigenvalue weighted by Gasteiger charge is -2.12. The van der Waals surface area contributed by atoms with Crippen LogP contribution in [-0.4, -0.2) is 15.9 Å². The third-order valence-electron chi connectivity index (χ3n) is 1.36. The molecule has 0 saturated heterocycles. The van der Waals surface area contributed by atoms with Gasteiger partial charge in [0.05, 0.1) is 0 Å². The summed E-state index contributed by atoms with van der Waals surface area (Å²) >= 11 is 16.4. The number of halogens is 3. The summed E-state index contributed by atoms with van der Waals surface area (Å²) in [6.45, 7) is 2.94. The lowest BCUT2D eigenvalue weighted by molar-refractivity contribution is 0.606. The van der Waals surface area contributed by atoms with Crippen LogP contribution in [-0.2, 0) is 0 Å². The van der Waals surface area contributed by atoms with Crippen LogP contribution in [0.1, 0.15) is 32.6 Å². The van der Waals surface area contributed by atoms with Gasteiger partial charge in [-0.1, -0.05) is 61.0 Å². The molecule has 0 fully saturated rings. The molecule has 0 atom stereocenters. The Morgan fingerprint density at radius 2 is 1.67 bits per heavy atom. The molecule has 0 spiro atoms. The number of rotatable bonds is 5. The van der Waals surface area contributed by atoms with Gasteiger partial charge in [-0.15, -0.1) is 0 Å². The van der Waals surface area contributed by atoms with Gasteiger partial charge in [0.15, 0.2) is 0 Å². The first-order valence-electron chi connectivity index (χ1n) is 3.88. The zero-order valence-electron chi connectivity index (χ0n) is 7.17. The highest BCUT2D eigenvalue weighted by atomic mass is 35.6. The molecule has 0 aromatic carbocycles. The van der Waals surface area contributed by atoms with Crippen molar-refractivity contribution in [1.82, 2.24) is 5.32 Å². The maximum Gasteiger partial charge on any atom is 0.245 e. The molecule has 0 aromatic rings. The van der Waals surface area contributed by atoms with Gasteiger partial charge in [0.1, 0.15) is 0 Å². The van der Waals surface area contributed by atoms with Crippen molar-refractivity contribution < 1.29 is 5.48 Å². The van der Waals surface area contributed by atoms with Crippen molar-refractivity contribution >= 4 is 34.8 Å². The van der Waals surface area contributed by atoms with E-state index in [9.17, 15) is 0 Å². The predicted molar refractivity (Wildman–Crippen MR) is 56.0 cm³/mol. The van der Waals surface area contributed by atoms with Gasteiger partial charge in [0.25, 0.3) is 0 Å². The van der Waals surface area contributed by atoms with Crippen molar-refractivity contribution in [2.75, 3.05) is 6.54 Å². The third kappa shape index (κ3) is 13.4. The maximum atomic E-state index is 5.47. The second-order valence-electron chi connectivity index (χ2n) is 2.49. The van der Waals surface area contributed by atoms with E-state index in [0.29, 0.717) is 0 Å². The Morgan fingerprint density at radius 3 is 2.08 bits per heavy atom. The van der Waals surface area contributed by atoms with Crippen LogP contribution in [0.15, 0.2) is 0 Å². The molecular formula is C7H16Cl3NO. The highest BCUT2D eigenvalue weighted by Crippen LogP contribution is 2.21. The normalized spacial score (nSPS) is 11.0. The van der Waals surface area contributed by atoms with E-state index >= 15 is 0 Å². The van der Waals surface area contributed by atoms with E-state index in [2.05, 4.69) is 12.2 Å². The minimum absolute atomic E-state index is 0. The average Bonchev–Trinajstić information content (AvgIpc) is 1.85. The van der Waals surface area contributed by atoms with Gasteiger partial charge in [-0.2, -0.15) is 0 Å². The molecule has 76 valence electrons. The van der Waals surface area contributed by atoms with E-state index in [1.165, 1.54) is 19.3 Å². The first-order valence-corrected chi connectivity index (χ1v) is 5.01. The summed E-state index contributed by atoms with van der Waals surface area (Å²) < 4.78 is -1.29. The Labute approximate surface area is 88.9 Å². The number of alkyl halides is 3. The Balaban J connectivity index is 0. The van der Waals surface area contributed by atoms with Crippen molar-refractivity contribution in [3.05, 3.63) is 0 Å². The first kappa shape index (κ1) is 15.3. The molecule has 0 radical (unpaired) electrons. The van der Waals surface area contributed by atoms with E-state index < -0.39 is 3.92 Å². The Morgan fingerprint density at radius 1 is 1.08 bits per heavy atom. The molecular weight excluding hydrogens is 220 g/mol. The monoisotopic (exact) mass is 235 g/mol. The fourth-order valence-corrected chi connectivity index (χ4v) is 1.07. The Bertz CT molecular complexity index is 95.1. The Kier molecular flexibility index (Phi) is 10.7. The smallest absolute Gasteiger partial charge is 0.245 e. The van der Waals surface area contributed by atoms with Crippen molar-refractivity contribution in [3.8, 4) is 0 Å². The SMILES string of the molecule is CCCCCCNC(Cl)(Cl)Cl.O. The molecule has 3 N–H and O–H groups in total. The lowest BCUT2D eigenvalue weighted by Crippen LogP contribution is -2.28. The molecule has 2 nitrogen and oxygen atoms in total. The minimum Gasteiger partial charge on any atom is -0.412 e. The topological polar surface area (TPSA) is 43.5 Å². The van der Waals surface area contributed by atoms with E-state index in [1.54, 1.807) is 0 Å². The van der Waals surface area contributed by atoms with Gasteiger partial charge in [0, 0.05) is 0 Å². The summed E-state index contributed by atoms with van der Waals surface area (Å²) in [6, 6.07) is 0. The van der Waals surface area contributed by atoms with E-state index in [1.807, 2.05) is 0 Å². The second-order valence-corrected chi connectivity index (χ2v) is 4.77. The molecule has 12 heavy (non-hydrogen) atoms. The van der Waals surface area contributed by atoms with Crippen molar-refractivity contribution in [2.45, 2.75) is 36.5 Å². The van der Waals surface area contributed by atoms with E-state index in [-0.39, 0.29) is 5.48 Å². The van der Waals surface area contributed by atoms with E-state index in [4.69, 9.17) is 34.8 Å². The van der Waals surface area contributed by atoms with E-state index in [0.717, 1.165) is 13.0 Å². The third-order valence-corrected chi connectivity index (χ3v) is 1.76. The van der Waals surface area contributed by atoms with Crippen LogP contribution in [0.3, 0.4) is 0 Å². The number of hydrogen-bond donors (Lipinski definition) is 1. The molecule has 0 heterocycles. The fourth-order valence-electron chi connectivity index (χ4n) is 0.782. The second kappa shape index (κ2) is 8.39. The zero-order chi connectivity index (χ0) is 8.74. The van der Waals surface area contributed by atoms with Gasteiger partial charge >= 0.3 is 0 Å². The molecule has 0 rings (SSSR count). The summed E-state index contributed by atoms with van der Waals surface area (Å²) in [6.07, 6.45) is 4.75. The maximum absolute atomic E-state index is 5.47. The van der Waals surface area contributed by atoms with Gasteiger partial charge in [-0.3, -0.25) is 5.32 Å². The molecule has 0 unspecified atom stereocenters. The molecule has 0 aliphatic carbocycles. The molecule has 0 bridgehead atoms. The van der Waals surface area contributed by atoms with Gasteiger partial charge < -0.3 is 5.48 Å². The zero-order valence-corrected chi connectivity index (χ0v) is 9.44. The first-order chi connectivity index (χ1) is 5.06. The largest absolute Gasteiger partial charge is 0.412 e. The number of nitrogens with one attached hydrogen (secondary N) is 1. The summed E-state index contributed by atoms with van der Waals surface area (Å²) in [5.74, 6) is 0. The Hall–Kier alpha value is 0.790. The molecule has 0 saturated carbocycles.